The standard InChI is InChI=1S/C25H25N2O2/c1-19(28)29-23-10-11-25-24(17-23)22(18-26-25)9-5-6-14-27-15-12-21(13-16-27)20-7-3-2-4-8-20/h2-4,7-8,10-13,15-18,26H,5-6,9,14H2,1H3/q+1. The first-order valence-electron chi connectivity index (χ1n) is 10.0. The summed E-state index contributed by atoms with van der Waals surface area (Å²) in [5.41, 5.74) is 4.82. The number of H-pyrrole nitrogens is 1. The van der Waals surface area contributed by atoms with Crippen LogP contribution >= 0.6 is 0 Å². The largest absolute Gasteiger partial charge is 0.427 e. The number of nitrogens with one attached hydrogen (secondary N) is 1. The molecule has 0 saturated heterocycles. The average molecular weight is 385 g/mol. The molecule has 29 heavy (non-hydrogen) atoms. The number of hydrogen-bond acceptors (Lipinski definition) is 2. The minimum Gasteiger partial charge on any atom is -0.427 e. The maximum absolute atomic E-state index is 11.2. The first kappa shape index (κ1) is 18.9. The molecule has 2 aromatic carbocycles. The first-order valence-corrected chi connectivity index (χ1v) is 10.0. The number of hydrogen-bond donors (Lipinski definition) is 1. The van der Waals surface area contributed by atoms with Crippen LogP contribution in [0.2, 0.25) is 0 Å². The number of rotatable bonds is 7. The summed E-state index contributed by atoms with van der Waals surface area (Å²) in [6, 6.07) is 20.5. The first-order chi connectivity index (χ1) is 14.2. The van der Waals surface area contributed by atoms with Crippen LogP contribution in [0.3, 0.4) is 0 Å². The van der Waals surface area contributed by atoms with Gasteiger partial charge < -0.3 is 9.72 Å². The van der Waals surface area contributed by atoms with Crippen molar-refractivity contribution in [3.05, 3.63) is 84.8 Å². The fraction of sp³-hybridized carbons (Fsp3) is 0.200. The number of aromatic nitrogens is 2. The maximum atomic E-state index is 11.2. The third-order valence-electron chi connectivity index (χ3n) is 5.11. The molecule has 4 rings (SSSR count). The molecule has 1 N–H and O–H groups in total. The topological polar surface area (TPSA) is 46.0 Å². The highest BCUT2D eigenvalue weighted by atomic mass is 16.5. The number of nitrogens with zero attached hydrogens (tertiary/aromatic N) is 1. The number of aryl methyl sites for hydroxylation is 2. The van der Waals surface area contributed by atoms with Gasteiger partial charge >= 0.3 is 5.97 Å². The van der Waals surface area contributed by atoms with E-state index in [0.717, 1.165) is 36.7 Å². The Hall–Kier alpha value is -3.40. The maximum Gasteiger partial charge on any atom is 0.308 e. The molecule has 0 aliphatic rings. The summed E-state index contributed by atoms with van der Waals surface area (Å²) in [4.78, 5) is 14.5. The van der Waals surface area contributed by atoms with Crippen LogP contribution in [0.15, 0.2) is 79.3 Å². The summed E-state index contributed by atoms with van der Waals surface area (Å²) < 4.78 is 7.45. The fourth-order valence-electron chi connectivity index (χ4n) is 3.63. The van der Waals surface area contributed by atoms with E-state index in [1.54, 1.807) is 0 Å². The number of carbonyl (C=O) groups excluding carboxylic acids is 1. The number of pyridine rings is 1. The third kappa shape index (κ3) is 4.72. The van der Waals surface area contributed by atoms with Crippen LogP contribution in [0.5, 0.6) is 5.75 Å². The summed E-state index contributed by atoms with van der Waals surface area (Å²) in [6.07, 6.45) is 9.55. The molecular formula is C25H25N2O2+. The number of esters is 1. The molecule has 0 amide bonds. The predicted octanol–water partition coefficient (Wildman–Crippen LogP) is 5.07. The smallest absolute Gasteiger partial charge is 0.308 e. The lowest BCUT2D eigenvalue weighted by molar-refractivity contribution is -0.697. The molecule has 146 valence electrons. The minimum absolute atomic E-state index is 0.295. The van der Waals surface area contributed by atoms with Crippen LogP contribution in [0.4, 0.5) is 0 Å². The van der Waals surface area contributed by atoms with Gasteiger partial charge in [0, 0.05) is 42.6 Å². The van der Waals surface area contributed by atoms with E-state index in [1.165, 1.54) is 23.6 Å². The SMILES string of the molecule is CC(=O)Oc1ccc2[nH]cc(CCCC[n+]3ccc(-c4ccccc4)cc3)c2c1. The number of aromatic amines is 1. The molecule has 2 heterocycles. The van der Waals surface area contributed by atoms with Crippen LogP contribution in [-0.4, -0.2) is 11.0 Å². The summed E-state index contributed by atoms with van der Waals surface area (Å²) in [5, 5.41) is 1.13. The predicted molar refractivity (Wildman–Crippen MR) is 115 cm³/mol. The van der Waals surface area contributed by atoms with Gasteiger partial charge in [0.25, 0.3) is 0 Å². The van der Waals surface area contributed by atoms with Gasteiger partial charge in [0.05, 0.1) is 0 Å². The molecule has 0 bridgehead atoms. The highest BCUT2D eigenvalue weighted by Gasteiger charge is 2.08. The van der Waals surface area contributed by atoms with Gasteiger partial charge in [-0.05, 0) is 47.7 Å². The van der Waals surface area contributed by atoms with E-state index >= 15 is 0 Å². The lowest BCUT2D eigenvalue weighted by atomic mass is 10.1. The van der Waals surface area contributed by atoms with Gasteiger partial charge in [-0.3, -0.25) is 4.79 Å². The second-order valence-electron chi connectivity index (χ2n) is 7.26. The number of ether oxygens (including phenoxy) is 1. The van der Waals surface area contributed by atoms with Crippen molar-refractivity contribution < 1.29 is 14.1 Å². The highest BCUT2D eigenvalue weighted by molar-refractivity contribution is 5.85. The van der Waals surface area contributed by atoms with Crippen LogP contribution in [-0.2, 0) is 17.8 Å². The van der Waals surface area contributed by atoms with Crippen molar-refractivity contribution in [2.75, 3.05) is 0 Å². The Bertz CT molecular complexity index is 1100. The highest BCUT2D eigenvalue weighted by Crippen LogP contribution is 2.25. The third-order valence-corrected chi connectivity index (χ3v) is 5.11. The zero-order valence-corrected chi connectivity index (χ0v) is 16.6. The number of fused-ring (bicyclic) bond motifs is 1. The molecule has 0 fully saturated rings. The Kier molecular flexibility index (Phi) is 5.71. The molecule has 0 saturated carbocycles. The normalized spacial score (nSPS) is 10.9. The van der Waals surface area contributed by atoms with Crippen LogP contribution < -0.4 is 9.30 Å². The quantitative estimate of drug-likeness (QED) is 0.209. The molecule has 0 atom stereocenters. The number of carbonyl (C=O) groups is 1. The second-order valence-corrected chi connectivity index (χ2v) is 7.26. The van der Waals surface area contributed by atoms with Gasteiger partial charge in [-0.25, -0.2) is 4.57 Å². The Morgan fingerprint density at radius 1 is 0.966 bits per heavy atom. The molecule has 4 nitrogen and oxygen atoms in total. The summed E-state index contributed by atoms with van der Waals surface area (Å²) in [6.45, 7) is 2.42. The van der Waals surface area contributed by atoms with E-state index in [4.69, 9.17) is 4.74 Å². The van der Waals surface area contributed by atoms with Crippen molar-refractivity contribution >= 4 is 16.9 Å². The number of unbranched alkanes of at least 4 members (excludes halogenated alkanes) is 1. The van der Waals surface area contributed by atoms with Crippen molar-refractivity contribution in [1.82, 2.24) is 4.98 Å². The molecule has 2 aromatic heterocycles. The van der Waals surface area contributed by atoms with E-state index in [-0.39, 0.29) is 5.97 Å². The summed E-state index contributed by atoms with van der Waals surface area (Å²) in [5.74, 6) is 0.302. The van der Waals surface area contributed by atoms with Gasteiger partial charge in [0.15, 0.2) is 12.4 Å². The van der Waals surface area contributed by atoms with Crippen molar-refractivity contribution in [2.24, 2.45) is 0 Å². The Balaban J connectivity index is 1.33. The van der Waals surface area contributed by atoms with Crippen molar-refractivity contribution in [3.63, 3.8) is 0 Å². The van der Waals surface area contributed by atoms with Crippen LogP contribution in [0.1, 0.15) is 25.3 Å². The van der Waals surface area contributed by atoms with E-state index in [2.05, 4.69) is 64.5 Å². The Labute approximate surface area is 170 Å². The molecule has 4 heteroatoms. The average Bonchev–Trinajstić information content (AvgIpc) is 3.14. The van der Waals surface area contributed by atoms with Crippen molar-refractivity contribution in [2.45, 2.75) is 32.7 Å². The molecule has 0 spiro atoms. The van der Waals surface area contributed by atoms with Gasteiger partial charge in [-0.15, -0.1) is 0 Å². The van der Waals surface area contributed by atoms with Gasteiger partial charge in [-0.1, -0.05) is 30.3 Å². The lowest BCUT2D eigenvalue weighted by Crippen LogP contribution is -2.32. The lowest BCUT2D eigenvalue weighted by Gasteiger charge is -2.03. The molecule has 4 aromatic rings. The molecule has 0 aliphatic heterocycles. The van der Waals surface area contributed by atoms with Gasteiger partial charge in [0.1, 0.15) is 12.3 Å². The monoisotopic (exact) mass is 385 g/mol. The van der Waals surface area contributed by atoms with E-state index in [9.17, 15) is 4.79 Å². The van der Waals surface area contributed by atoms with Crippen LogP contribution in [0, 0.1) is 0 Å². The Morgan fingerprint density at radius 2 is 1.72 bits per heavy atom. The molecule has 0 aliphatic carbocycles. The molecule has 0 unspecified atom stereocenters. The fourth-order valence-corrected chi connectivity index (χ4v) is 3.63. The molecule has 0 radical (unpaired) electrons. The van der Waals surface area contributed by atoms with Gasteiger partial charge in [0.2, 0.25) is 0 Å². The molecular weight excluding hydrogens is 360 g/mol. The van der Waals surface area contributed by atoms with E-state index < -0.39 is 0 Å². The van der Waals surface area contributed by atoms with E-state index in [0.29, 0.717) is 5.75 Å². The Morgan fingerprint density at radius 3 is 2.48 bits per heavy atom. The van der Waals surface area contributed by atoms with Gasteiger partial charge in [-0.2, -0.15) is 0 Å². The number of benzene rings is 2. The zero-order chi connectivity index (χ0) is 20.1. The van der Waals surface area contributed by atoms with Crippen molar-refractivity contribution in [3.8, 4) is 16.9 Å². The zero-order valence-electron chi connectivity index (χ0n) is 16.6. The minimum atomic E-state index is -0.295. The van der Waals surface area contributed by atoms with Crippen LogP contribution in [0.25, 0.3) is 22.0 Å². The summed E-state index contributed by atoms with van der Waals surface area (Å²) in [7, 11) is 0. The second kappa shape index (κ2) is 8.74. The van der Waals surface area contributed by atoms with Crippen molar-refractivity contribution in [1.29, 1.82) is 0 Å². The van der Waals surface area contributed by atoms with E-state index in [1.807, 2.05) is 24.3 Å². The summed E-state index contributed by atoms with van der Waals surface area (Å²) >= 11 is 0.